The molecule has 27 heavy (non-hydrogen) atoms. The van der Waals surface area contributed by atoms with Gasteiger partial charge in [0, 0.05) is 13.1 Å². The third kappa shape index (κ3) is 3.18. The van der Waals surface area contributed by atoms with Crippen LogP contribution >= 0.6 is 11.5 Å². The fourth-order valence-corrected chi connectivity index (χ4v) is 5.84. The average molecular weight is 405 g/mol. The van der Waals surface area contributed by atoms with Crippen molar-refractivity contribution in [2.45, 2.75) is 24.7 Å². The topological polar surface area (TPSA) is 79.6 Å². The highest BCUT2D eigenvalue weighted by Gasteiger charge is 2.29. The second-order valence-electron chi connectivity index (χ2n) is 6.92. The minimum atomic E-state index is -3.66. The number of hydrogen-bond acceptors (Lipinski definition) is 5. The Morgan fingerprint density at radius 3 is 2.52 bits per heavy atom. The molecule has 142 valence electrons. The van der Waals surface area contributed by atoms with Gasteiger partial charge < -0.3 is 5.11 Å². The summed E-state index contributed by atoms with van der Waals surface area (Å²) in [7, 11) is -3.66. The zero-order valence-electron chi connectivity index (χ0n) is 14.8. The van der Waals surface area contributed by atoms with Crippen molar-refractivity contribution in [3.8, 4) is 11.4 Å². The first kappa shape index (κ1) is 18.2. The van der Waals surface area contributed by atoms with Crippen molar-refractivity contribution in [2.75, 3.05) is 13.1 Å². The van der Waals surface area contributed by atoms with Gasteiger partial charge in [0.25, 0.3) is 5.56 Å². The predicted molar refractivity (Wildman–Crippen MR) is 106 cm³/mol. The minimum Gasteiger partial charge on any atom is -0.506 e. The van der Waals surface area contributed by atoms with E-state index in [1.165, 1.54) is 38.0 Å². The maximum atomic E-state index is 13.0. The van der Waals surface area contributed by atoms with Gasteiger partial charge in [-0.3, -0.25) is 4.79 Å². The summed E-state index contributed by atoms with van der Waals surface area (Å²) in [6, 6.07) is 11.3. The summed E-state index contributed by atoms with van der Waals surface area (Å²) in [6.45, 7) is 3.10. The summed E-state index contributed by atoms with van der Waals surface area (Å²) < 4.78 is 29.6. The Bertz CT molecular complexity index is 1160. The van der Waals surface area contributed by atoms with Crippen LogP contribution in [0.2, 0.25) is 0 Å². The lowest BCUT2D eigenvalue weighted by Gasteiger charge is -2.29. The van der Waals surface area contributed by atoms with E-state index in [2.05, 4.69) is 6.92 Å². The summed E-state index contributed by atoms with van der Waals surface area (Å²) in [5.41, 5.74) is -0.0834. The van der Waals surface area contributed by atoms with Crippen LogP contribution < -0.4 is 5.56 Å². The lowest BCUT2D eigenvalue weighted by atomic mass is 10.0. The average Bonchev–Trinajstić information content (AvgIpc) is 2.99. The van der Waals surface area contributed by atoms with Gasteiger partial charge in [-0.2, -0.15) is 4.31 Å². The number of nitrogens with zero attached hydrogens (tertiary/aromatic N) is 2. The quantitative estimate of drug-likeness (QED) is 0.727. The molecule has 1 fully saturated rings. The summed E-state index contributed by atoms with van der Waals surface area (Å²) in [6.07, 6.45) is 1.67. The molecule has 0 amide bonds. The first-order valence-electron chi connectivity index (χ1n) is 8.82. The Kier molecular flexibility index (Phi) is 4.57. The van der Waals surface area contributed by atoms with Crippen LogP contribution in [0.25, 0.3) is 15.8 Å². The van der Waals surface area contributed by atoms with Gasteiger partial charge in [-0.1, -0.05) is 30.6 Å². The zero-order chi connectivity index (χ0) is 19.2. The Morgan fingerprint density at radius 1 is 1.11 bits per heavy atom. The highest BCUT2D eigenvalue weighted by atomic mass is 32.2. The number of fused-ring (bicyclic) bond motifs is 1. The molecular weight excluding hydrogens is 384 g/mol. The lowest BCUT2D eigenvalue weighted by Crippen LogP contribution is -2.37. The number of hydrogen-bond donors (Lipinski definition) is 1. The summed E-state index contributed by atoms with van der Waals surface area (Å²) in [4.78, 5) is 12.8. The largest absolute Gasteiger partial charge is 0.506 e. The van der Waals surface area contributed by atoms with E-state index in [0.717, 1.165) is 17.5 Å². The Hall–Kier alpha value is -2.16. The van der Waals surface area contributed by atoms with Gasteiger partial charge in [0.15, 0.2) is 0 Å². The van der Waals surface area contributed by atoms with Crippen LogP contribution in [0, 0.1) is 5.92 Å². The van der Waals surface area contributed by atoms with Crippen molar-refractivity contribution in [3.05, 3.63) is 52.8 Å². The maximum Gasteiger partial charge on any atom is 0.273 e. The number of piperidine rings is 1. The predicted octanol–water partition coefficient (Wildman–Crippen LogP) is 3.18. The zero-order valence-corrected chi connectivity index (χ0v) is 16.5. The molecule has 1 aromatic heterocycles. The number of benzene rings is 2. The normalized spacial score (nSPS) is 16.8. The number of aromatic hydroxyl groups is 1. The molecule has 0 aliphatic carbocycles. The summed E-state index contributed by atoms with van der Waals surface area (Å²) in [5, 5.41) is 10.8. The molecular formula is C19H20N2O4S2. The molecule has 8 heteroatoms. The van der Waals surface area contributed by atoms with Gasteiger partial charge in [0.05, 0.1) is 15.0 Å². The van der Waals surface area contributed by atoms with Crippen molar-refractivity contribution in [1.29, 1.82) is 0 Å². The minimum absolute atomic E-state index is 0.0919. The van der Waals surface area contributed by atoms with Crippen molar-refractivity contribution in [3.63, 3.8) is 0 Å². The second-order valence-corrected chi connectivity index (χ2v) is 9.85. The molecule has 1 aliphatic rings. The highest BCUT2D eigenvalue weighted by Crippen LogP contribution is 2.30. The van der Waals surface area contributed by atoms with Gasteiger partial charge in [0.2, 0.25) is 10.0 Å². The first-order chi connectivity index (χ1) is 12.9. The summed E-state index contributed by atoms with van der Waals surface area (Å²) in [5.74, 6) is 0.388. The molecule has 0 unspecified atom stereocenters. The molecule has 0 radical (unpaired) electrons. The van der Waals surface area contributed by atoms with Crippen LogP contribution in [0.3, 0.4) is 0 Å². The van der Waals surface area contributed by atoms with E-state index in [4.69, 9.17) is 0 Å². The number of phenolic OH excluding ortho intramolecular Hbond substituents is 1. The van der Waals surface area contributed by atoms with Crippen molar-refractivity contribution < 1.29 is 13.5 Å². The third-order valence-electron chi connectivity index (χ3n) is 5.04. The molecule has 4 rings (SSSR count). The molecule has 0 saturated carbocycles. The molecule has 3 aromatic rings. The van der Waals surface area contributed by atoms with Crippen molar-refractivity contribution >= 4 is 31.6 Å². The van der Waals surface area contributed by atoms with Crippen LogP contribution in [0.1, 0.15) is 19.8 Å². The van der Waals surface area contributed by atoms with Crippen LogP contribution in [0.5, 0.6) is 5.75 Å². The maximum absolute atomic E-state index is 13.0. The van der Waals surface area contributed by atoms with E-state index >= 15 is 0 Å². The summed E-state index contributed by atoms with van der Waals surface area (Å²) >= 11 is 1.18. The monoisotopic (exact) mass is 404 g/mol. The van der Waals surface area contributed by atoms with Crippen LogP contribution in [0.4, 0.5) is 0 Å². The highest BCUT2D eigenvalue weighted by molar-refractivity contribution is 7.89. The van der Waals surface area contributed by atoms with Crippen molar-refractivity contribution in [2.24, 2.45) is 5.92 Å². The molecule has 2 aromatic carbocycles. The molecule has 1 saturated heterocycles. The number of phenols is 1. The standard InChI is InChI=1S/C19H20N2O4S2/c1-13-8-10-20(11-9-13)27(24,25)14-6-7-17(22)16(12-14)21-19(23)15-4-2-3-5-18(15)26-21/h2-7,12-13,22H,8-11H2,1H3. The van der Waals surface area contributed by atoms with Crippen LogP contribution in [0.15, 0.2) is 52.2 Å². The molecule has 2 heterocycles. The van der Waals surface area contributed by atoms with E-state index in [1.54, 1.807) is 12.1 Å². The third-order valence-corrected chi connectivity index (χ3v) is 8.03. The van der Waals surface area contributed by atoms with Gasteiger partial charge in [-0.15, -0.1) is 0 Å². The van der Waals surface area contributed by atoms with E-state index in [0.29, 0.717) is 24.4 Å². The smallest absolute Gasteiger partial charge is 0.273 e. The SMILES string of the molecule is CC1CCN(S(=O)(=O)c2ccc(O)c(-n3sc4ccccc4c3=O)c2)CC1. The molecule has 6 nitrogen and oxygen atoms in total. The van der Waals surface area contributed by atoms with Gasteiger partial charge in [-0.25, -0.2) is 12.4 Å². The van der Waals surface area contributed by atoms with E-state index in [9.17, 15) is 18.3 Å². The lowest BCUT2D eigenvalue weighted by molar-refractivity contribution is 0.288. The van der Waals surface area contributed by atoms with Gasteiger partial charge in [-0.05, 0) is 49.1 Å². The molecule has 0 bridgehead atoms. The molecule has 0 spiro atoms. The first-order valence-corrected chi connectivity index (χ1v) is 11.0. The van der Waals surface area contributed by atoms with Crippen LogP contribution in [-0.4, -0.2) is 34.9 Å². The second kappa shape index (κ2) is 6.78. The van der Waals surface area contributed by atoms with Crippen molar-refractivity contribution in [1.82, 2.24) is 8.26 Å². The number of aromatic nitrogens is 1. The van der Waals surface area contributed by atoms with Crippen LogP contribution in [-0.2, 0) is 10.0 Å². The Balaban J connectivity index is 1.80. The van der Waals surface area contributed by atoms with Gasteiger partial charge >= 0.3 is 0 Å². The molecule has 0 atom stereocenters. The fourth-order valence-electron chi connectivity index (χ4n) is 3.33. The van der Waals surface area contributed by atoms with E-state index in [-0.39, 0.29) is 21.9 Å². The van der Waals surface area contributed by atoms with E-state index < -0.39 is 10.0 Å². The molecule has 1 N–H and O–H groups in total. The van der Waals surface area contributed by atoms with E-state index in [1.807, 2.05) is 12.1 Å². The molecule has 1 aliphatic heterocycles. The van der Waals surface area contributed by atoms with Gasteiger partial charge in [0.1, 0.15) is 11.4 Å². The Labute approximate surface area is 161 Å². The fraction of sp³-hybridized carbons (Fsp3) is 0.316. The number of rotatable bonds is 3. The Morgan fingerprint density at radius 2 is 1.81 bits per heavy atom. The number of sulfonamides is 1.